The molecule has 0 saturated carbocycles. The van der Waals surface area contributed by atoms with Gasteiger partial charge in [0.25, 0.3) is 0 Å². The van der Waals surface area contributed by atoms with E-state index in [1.165, 1.54) is 4.88 Å². The topological polar surface area (TPSA) is 9.23 Å². The van der Waals surface area contributed by atoms with Crippen LogP contribution in [0.15, 0.2) is 38.6 Å². The first kappa shape index (κ1) is 13.4. The summed E-state index contributed by atoms with van der Waals surface area (Å²) in [4.78, 5) is 1.19. The van der Waals surface area contributed by atoms with Crippen molar-refractivity contribution in [3.05, 3.63) is 49.0 Å². The van der Waals surface area contributed by atoms with E-state index in [4.69, 9.17) is 16.3 Å². The maximum Gasteiger partial charge on any atom is 0.122 e. The number of hydrogen-bond acceptors (Lipinski definition) is 2. The van der Waals surface area contributed by atoms with E-state index in [1.807, 2.05) is 23.6 Å². The van der Waals surface area contributed by atoms with E-state index in [1.54, 1.807) is 11.3 Å². The van der Waals surface area contributed by atoms with Crippen molar-refractivity contribution < 1.29 is 4.74 Å². The molecule has 90 valence electrons. The van der Waals surface area contributed by atoms with Crippen LogP contribution in [0.1, 0.15) is 10.4 Å². The van der Waals surface area contributed by atoms with E-state index in [0.717, 1.165) is 20.3 Å². The summed E-state index contributed by atoms with van der Waals surface area (Å²) in [6.07, 6.45) is 0. The van der Waals surface area contributed by atoms with Gasteiger partial charge in [0.1, 0.15) is 12.4 Å². The summed E-state index contributed by atoms with van der Waals surface area (Å²) in [7, 11) is 0. The lowest BCUT2D eigenvalue weighted by Crippen LogP contribution is -1.93. The van der Waals surface area contributed by atoms with Gasteiger partial charge in [-0.05, 0) is 45.8 Å². The van der Waals surface area contributed by atoms with Gasteiger partial charge in [0.15, 0.2) is 0 Å². The molecule has 0 aliphatic heterocycles. The fourth-order valence-electron chi connectivity index (χ4n) is 1.33. The molecule has 0 fully saturated rings. The molecule has 0 atom stereocenters. The lowest BCUT2D eigenvalue weighted by molar-refractivity contribution is 0.309. The third-order valence-corrected chi connectivity index (χ3v) is 4.90. The van der Waals surface area contributed by atoms with Crippen LogP contribution >= 0.6 is 54.8 Å². The van der Waals surface area contributed by atoms with Crippen LogP contribution in [0.3, 0.4) is 0 Å². The second-order valence-corrected chi connectivity index (χ2v) is 6.44. The van der Waals surface area contributed by atoms with Gasteiger partial charge in [0.05, 0.1) is 0 Å². The van der Waals surface area contributed by atoms with E-state index in [-0.39, 0.29) is 0 Å². The Hall–Kier alpha value is -0.0300. The Labute approximate surface area is 126 Å². The third kappa shape index (κ3) is 3.71. The molecule has 5 heteroatoms. The molecule has 1 aromatic heterocycles. The Bertz CT molecular complexity index is 513. The van der Waals surface area contributed by atoms with Crippen molar-refractivity contribution in [3.63, 3.8) is 0 Å². The number of halogens is 3. The molecule has 0 radical (unpaired) electrons. The van der Waals surface area contributed by atoms with Crippen molar-refractivity contribution >= 4 is 54.8 Å². The first-order chi connectivity index (χ1) is 8.19. The highest BCUT2D eigenvalue weighted by Gasteiger charge is 2.03. The normalized spacial score (nSPS) is 10.5. The summed E-state index contributed by atoms with van der Waals surface area (Å²) in [6.45, 7) is 0.583. The molecule has 0 unspecified atom stereocenters. The first-order valence-electron chi connectivity index (χ1n) is 4.89. The van der Waals surface area contributed by atoms with Crippen molar-refractivity contribution in [3.8, 4) is 5.75 Å². The van der Waals surface area contributed by atoms with Crippen LogP contribution in [0.2, 0.25) is 0 Å². The summed E-state index contributed by atoms with van der Waals surface area (Å²) in [5, 5.41) is 2.05. The van der Waals surface area contributed by atoms with Gasteiger partial charge in [-0.25, -0.2) is 0 Å². The second-order valence-electron chi connectivity index (χ2n) is 3.41. The summed E-state index contributed by atoms with van der Waals surface area (Å²) < 4.78 is 7.82. The molecule has 0 spiro atoms. The highest BCUT2D eigenvalue weighted by molar-refractivity contribution is 9.10. The summed E-state index contributed by atoms with van der Waals surface area (Å²) >= 11 is 14.4. The van der Waals surface area contributed by atoms with Crippen molar-refractivity contribution in [1.29, 1.82) is 0 Å². The highest BCUT2D eigenvalue weighted by Crippen LogP contribution is 2.26. The van der Waals surface area contributed by atoms with Crippen LogP contribution in [0.5, 0.6) is 5.75 Å². The average molecular weight is 397 g/mol. The van der Waals surface area contributed by atoms with Crippen LogP contribution in [-0.4, -0.2) is 0 Å². The van der Waals surface area contributed by atoms with Gasteiger partial charge in [-0.1, -0.05) is 15.9 Å². The Morgan fingerprint density at radius 3 is 2.71 bits per heavy atom. The predicted molar refractivity (Wildman–Crippen MR) is 80.1 cm³/mol. The molecule has 2 rings (SSSR count). The van der Waals surface area contributed by atoms with Crippen molar-refractivity contribution in [2.24, 2.45) is 0 Å². The third-order valence-electron chi connectivity index (χ3n) is 2.16. The van der Waals surface area contributed by atoms with Crippen molar-refractivity contribution in [2.75, 3.05) is 0 Å². The first-order valence-corrected chi connectivity index (χ1v) is 7.89. The lowest BCUT2D eigenvalue weighted by atomic mass is 10.2. The molecule has 0 amide bonds. The standard InChI is InChI=1S/C12H9Br2ClOS/c13-9-4-11(17-7-9)6-16-10-1-2-12(14)8(3-10)5-15/h1-4,7H,5-6H2. The molecule has 1 heterocycles. The van der Waals surface area contributed by atoms with Crippen molar-refractivity contribution in [1.82, 2.24) is 0 Å². The quantitative estimate of drug-likeness (QED) is 0.612. The molecule has 1 nitrogen and oxygen atoms in total. The molecule has 0 saturated heterocycles. The summed E-state index contributed by atoms with van der Waals surface area (Å²) in [5.41, 5.74) is 1.04. The van der Waals surface area contributed by atoms with E-state index >= 15 is 0 Å². The number of benzene rings is 1. The second kappa shape index (κ2) is 6.23. The number of hydrogen-bond donors (Lipinski definition) is 0. The fourth-order valence-corrected chi connectivity index (χ4v) is 3.46. The van der Waals surface area contributed by atoms with Crippen LogP contribution in [0.25, 0.3) is 0 Å². The van der Waals surface area contributed by atoms with Crippen LogP contribution in [0.4, 0.5) is 0 Å². The van der Waals surface area contributed by atoms with E-state index in [2.05, 4.69) is 37.9 Å². The maximum atomic E-state index is 5.83. The molecule has 0 N–H and O–H groups in total. The van der Waals surface area contributed by atoms with E-state index in [9.17, 15) is 0 Å². The van der Waals surface area contributed by atoms with Gasteiger partial charge in [0, 0.05) is 25.1 Å². The number of alkyl halides is 1. The molecule has 0 aliphatic carbocycles. The lowest BCUT2D eigenvalue weighted by Gasteiger charge is -2.07. The fraction of sp³-hybridized carbons (Fsp3) is 0.167. The molecule has 1 aromatic carbocycles. The van der Waals surface area contributed by atoms with Gasteiger partial charge in [-0.2, -0.15) is 0 Å². The van der Waals surface area contributed by atoms with Crippen LogP contribution in [-0.2, 0) is 12.5 Å². The largest absolute Gasteiger partial charge is 0.488 e. The Balaban J connectivity index is 2.04. The van der Waals surface area contributed by atoms with Gasteiger partial charge in [-0.15, -0.1) is 22.9 Å². The van der Waals surface area contributed by atoms with E-state index in [0.29, 0.717) is 12.5 Å². The Morgan fingerprint density at radius 1 is 1.24 bits per heavy atom. The summed E-state index contributed by atoms with van der Waals surface area (Å²) in [5.74, 6) is 1.32. The highest BCUT2D eigenvalue weighted by atomic mass is 79.9. The molecule has 0 bridgehead atoms. The molecule has 2 aromatic rings. The minimum atomic E-state index is 0.475. The number of ether oxygens (including phenoxy) is 1. The molecule has 0 aliphatic rings. The van der Waals surface area contributed by atoms with Crippen LogP contribution < -0.4 is 4.74 Å². The zero-order chi connectivity index (χ0) is 12.3. The molecular formula is C12H9Br2ClOS. The smallest absolute Gasteiger partial charge is 0.122 e. The SMILES string of the molecule is ClCc1cc(OCc2cc(Br)cs2)ccc1Br. The van der Waals surface area contributed by atoms with E-state index < -0.39 is 0 Å². The number of rotatable bonds is 4. The maximum absolute atomic E-state index is 5.83. The number of thiophene rings is 1. The van der Waals surface area contributed by atoms with Gasteiger partial charge in [-0.3, -0.25) is 0 Å². The van der Waals surface area contributed by atoms with Crippen LogP contribution in [0, 0.1) is 0 Å². The average Bonchev–Trinajstić information content (AvgIpc) is 2.74. The van der Waals surface area contributed by atoms with Crippen molar-refractivity contribution in [2.45, 2.75) is 12.5 Å². The Morgan fingerprint density at radius 2 is 2.06 bits per heavy atom. The minimum Gasteiger partial charge on any atom is -0.488 e. The Kier molecular flexibility index (Phi) is 4.91. The predicted octanol–water partition coefficient (Wildman–Crippen LogP) is 5.59. The van der Waals surface area contributed by atoms with Gasteiger partial charge >= 0.3 is 0 Å². The molecule has 17 heavy (non-hydrogen) atoms. The monoisotopic (exact) mass is 394 g/mol. The van der Waals surface area contributed by atoms with Gasteiger partial charge < -0.3 is 4.74 Å². The zero-order valence-electron chi connectivity index (χ0n) is 8.75. The minimum absolute atomic E-state index is 0.475. The zero-order valence-corrected chi connectivity index (χ0v) is 13.5. The van der Waals surface area contributed by atoms with Gasteiger partial charge in [0.2, 0.25) is 0 Å². The summed E-state index contributed by atoms with van der Waals surface area (Å²) in [6, 6.07) is 7.91. The molecular weight excluding hydrogens is 387 g/mol.